The van der Waals surface area contributed by atoms with Gasteiger partial charge in [-0.15, -0.1) is 0 Å². The maximum Gasteiger partial charge on any atom is 0.0532 e. The highest BCUT2D eigenvalue weighted by Gasteiger charge is 2.44. The molecular formula is C19H26N2O. The number of para-hydroxylation sites is 1. The Morgan fingerprint density at radius 1 is 1.32 bits per heavy atom. The van der Waals surface area contributed by atoms with Crippen LogP contribution in [0.3, 0.4) is 0 Å². The van der Waals surface area contributed by atoms with Gasteiger partial charge in [0.1, 0.15) is 0 Å². The molecule has 118 valence electrons. The fraction of sp³-hybridized carbons (Fsp3) is 0.579. The zero-order valence-electron chi connectivity index (χ0n) is 13.5. The van der Waals surface area contributed by atoms with Gasteiger partial charge in [0.15, 0.2) is 0 Å². The third-order valence-corrected chi connectivity index (χ3v) is 6.18. The third-order valence-electron chi connectivity index (χ3n) is 6.18. The normalized spacial score (nSPS) is 32.0. The molecule has 3 heteroatoms. The smallest absolute Gasteiger partial charge is 0.0532 e. The minimum absolute atomic E-state index is 0.320. The highest BCUT2D eigenvalue weighted by atomic mass is 16.3. The number of fused-ring (bicyclic) bond motifs is 5. The van der Waals surface area contributed by atoms with Crippen molar-refractivity contribution in [1.82, 2.24) is 9.88 Å². The molecule has 3 nitrogen and oxygen atoms in total. The number of hydrogen-bond acceptors (Lipinski definition) is 2. The molecule has 0 amide bonds. The van der Waals surface area contributed by atoms with Gasteiger partial charge in [0.2, 0.25) is 0 Å². The molecule has 2 aromatic rings. The minimum Gasteiger partial charge on any atom is -0.396 e. The number of rotatable bonds is 2. The average molecular weight is 298 g/mol. The number of aromatic nitrogens is 1. The topological polar surface area (TPSA) is 39.3 Å². The molecule has 1 saturated heterocycles. The lowest BCUT2D eigenvalue weighted by Crippen LogP contribution is -2.51. The lowest BCUT2D eigenvalue weighted by atomic mass is 9.70. The molecule has 4 atom stereocenters. The molecule has 1 aromatic carbocycles. The lowest BCUT2D eigenvalue weighted by molar-refractivity contribution is -0.0199. The molecule has 2 aliphatic rings. The number of nitrogens with zero attached hydrogens (tertiary/aromatic N) is 1. The fourth-order valence-corrected chi connectivity index (χ4v) is 4.93. The summed E-state index contributed by atoms with van der Waals surface area (Å²) in [5.41, 5.74) is 4.26. The molecule has 2 N–H and O–H groups in total. The van der Waals surface area contributed by atoms with Gasteiger partial charge in [0.25, 0.3) is 0 Å². The van der Waals surface area contributed by atoms with Crippen LogP contribution in [0.1, 0.15) is 37.6 Å². The maximum absolute atomic E-state index is 9.74. The predicted octanol–water partition coefficient (Wildman–Crippen LogP) is 3.35. The van der Waals surface area contributed by atoms with Gasteiger partial charge in [-0.1, -0.05) is 38.5 Å². The van der Waals surface area contributed by atoms with Crippen molar-refractivity contribution in [2.24, 2.45) is 17.8 Å². The van der Waals surface area contributed by atoms with E-state index in [0.717, 1.165) is 19.5 Å². The first-order valence-corrected chi connectivity index (χ1v) is 8.69. The summed E-state index contributed by atoms with van der Waals surface area (Å²) in [6.07, 6.45) is 2.30. The molecule has 22 heavy (non-hydrogen) atoms. The van der Waals surface area contributed by atoms with E-state index in [0.29, 0.717) is 30.4 Å². The number of aromatic amines is 1. The molecule has 1 aromatic heterocycles. The quantitative estimate of drug-likeness (QED) is 0.892. The molecule has 0 saturated carbocycles. The first-order valence-electron chi connectivity index (χ1n) is 8.69. The summed E-state index contributed by atoms with van der Waals surface area (Å²) in [4.78, 5) is 6.35. The van der Waals surface area contributed by atoms with Crippen molar-refractivity contribution in [3.63, 3.8) is 0 Å². The second-order valence-corrected chi connectivity index (χ2v) is 7.13. The molecule has 0 spiro atoms. The molecule has 0 bridgehead atoms. The Bertz CT molecular complexity index is 677. The van der Waals surface area contributed by atoms with E-state index in [2.05, 4.69) is 48.0 Å². The van der Waals surface area contributed by atoms with Crippen molar-refractivity contribution in [2.45, 2.75) is 32.7 Å². The zero-order valence-corrected chi connectivity index (χ0v) is 13.5. The van der Waals surface area contributed by atoms with Gasteiger partial charge in [-0.05, 0) is 35.8 Å². The number of aliphatic hydroxyl groups is 1. The third kappa shape index (κ3) is 1.95. The summed E-state index contributed by atoms with van der Waals surface area (Å²) in [5.74, 6) is 1.62. The Kier molecular flexibility index (Phi) is 3.50. The lowest BCUT2D eigenvalue weighted by Gasteiger charge is -2.50. The molecule has 0 radical (unpaired) electrons. The van der Waals surface area contributed by atoms with Crippen molar-refractivity contribution in [1.29, 1.82) is 0 Å². The molecule has 4 rings (SSSR count). The standard InChI is InChI=1S/C19H26N2O/c1-3-14-12(2)13(11-22)10-21-9-8-16-15-6-4-5-7-17(15)20-18(16)19(14)21/h4-7,12-14,19-20,22H,3,8-11H2,1-2H3. The van der Waals surface area contributed by atoms with E-state index >= 15 is 0 Å². The van der Waals surface area contributed by atoms with Gasteiger partial charge in [0, 0.05) is 36.3 Å². The van der Waals surface area contributed by atoms with E-state index in [1.807, 2.05) is 0 Å². The first-order chi connectivity index (χ1) is 10.7. The van der Waals surface area contributed by atoms with E-state index < -0.39 is 0 Å². The highest BCUT2D eigenvalue weighted by Crippen LogP contribution is 2.47. The Morgan fingerprint density at radius 3 is 2.91 bits per heavy atom. The number of benzene rings is 1. The molecular weight excluding hydrogens is 272 g/mol. The fourth-order valence-electron chi connectivity index (χ4n) is 4.93. The average Bonchev–Trinajstić information content (AvgIpc) is 2.93. The summed E-state index contributed by atoms with van der Waals surface area (Å²) in [7, 11) is 0. The van der Waals surface area contributed by atoms with Crippen LogP contribution in [0, 0.1) is 17.8 Å². The van der Waals surface area contributed by atoms with Gasteiger partial charge >= 0.3 is 0 Å². The van der Waals surface area contributed by atoms with Crippen molar-refractivity contribution < 1.29 is 5.11 Å². The first kappa shape index (κ1) is 14.3. The van der Waals surface area contributed by atoms with E-state index in [4.69, 9.17) is 0 Å². The van der Waals surface area contributed by atoms with Crippen LogP contribution in [-0.4, -0.2) is 34.7 Å². The minimum atomic E-state index is 0.320. The maximum atomic E-state index is 9.74. The van der Waals surface area contributed by atoms with Crippen LogP contribution in [0.5, 0.6) is 0 Å². The summed E-state index contributed by atoms with van der Waals surface area (Å²) >= 11 is 0. The van der Waals surface area contributed by atoms with Crippen molar-refractivity contribution in [2.75, 3.05) is 19.7 Å². The molecule has 4 unspecified atom stereocenters. The van der Waals surface area contributed by atoms with Gasteiger partial charge in [-0.3, -0.25) is 4.90 Å². The van der Waals surface area contributed by atoms with Crippen molar-refractivity contribution in [3.8, 4) is 0 Å². The van der Waals surface area contributed by atoms with Crippen LogP contribution in [0.2, 0.25) is 0 Å². The van der Waals surface area contributed by atoms with Crippen molar-refractivity contribution >= 4 is 10.9 Å². The Morgan fingerprint density at radius 2 is 2.14 bits per heavy atom. The van der Waals surface area contributed by atoms with Crippen LogP contribution in [0.25, 0.3) is 10.9 Å². The SMILES string of the molecule is CCC1C(C)C(CO)CN2CCc3c([nH]c4ccccc34)C12. The van der Waals surface area contributed by atoms with Crippen molar-refractivity contribution in [3.05, 3.63) is 35.5 Å². The second kappa shape index (κ2) is 5.39. The second-order valence-electron chi connectivity index (χ2n) is 7.13. The Balaban J connectivity index is 1.82. The van der Waals surface area contributed by atoms with Crippen LogP contribution >= 0.6 is 0 Å². The van der Waals surface area contributed by atoms with Gasteiger partial charge in [0.05, 0.1) is 6.04 Å². The van der Waals surface area contributed by atoms with E-state index in [1.54, 1.807) is 0 Å². The van der Waals surface area contributed by atoms with E-state index in [-0.39, 0.29) is 0 Å². The molecule has 2 aliphatic heterocycles. The number of hydrogen-bond donors (Lipinski definition) is 2. The van der Waals surface area contributed by atoms with E-state index in [1.165, 1.54) is 28.6 Å². The highest BCUT2D eigenvalue weighted by molar-refractivity contribution is 5.85. The predicted molar refractivity (Wildman–Crippen MR) is 89.8 cm³/mol. The van der Waals surface area contributed by atoms with Gasteiger partial charge < -0.3 is 10.1 Å². The van der Waals surface area contributed by atoms with Crippen LogP contribution in [0.15, 0.2) is 24.3 Å². The largest absolute Gasteiger partial charge is 0.396 e. The van der Waals surface area contributed by atoms with Gasteiger partial charge in [-0.2, -0.15) is 0 Å². The van der Waals surface area contributed by atoms with E-state index in [9.17, 15) is 5.11 Å². The van der Waals surface area contributed by atoms with Crippen LogP contribution < -0.4 is 0 Å². The monoisotopic (exact) mass is 298 g/mol. The Labute approximate surface area is 132 Å². The number of aliphatic hydroxyl groups excluding tert-OH is 1. The Hall–Kier alpha value is -1.32. The van der Waals surface area contributed by atoms with Crippen LogP contribution in [-0.2, 0) is 6.42 Å². The molecule has 1 fully saturated rings. The summed E-state index contributed by atoms with van der Waals surface area (Å²) in [6.45, 7) is 7.12. The number of nitrogens with one attached hydrogen (secondary N) is 1. The summed E-state index contributed by atoms with van der Waals surface area (Å²) < 4.78 is 0. The summed E-state index contributed by atoms with van der Waals surface area (Å²) in [6, 6.07) is 9.21. The summed E-state index contributed by atoms with van der Waals surface area (Å²) in [5, 5.41) is 11.1. The van der Waals surface area contributed by atoms with Gasteiger partial charge in [-0.25, -0.2) is 0 Å². The number of H-pyrrole nitrogens is 1. The molecule has 0 aliphatic carbocycles. The molecule has 3 heterocycles. The zero-order chi connectivity index (χ0) is 15.3. The number of piperidine rings is 1. The van der Waals surface area contributed by atoms with Crippen LogP contribution in [0.4, 0.5) is 0 Å².